The van der Waals surface area contributed by atoms with Crippen LogP contribution in [0.4, 0.5) is 5.82 Å². The van der Waals surface area contributed by atoms with Gasteiger partial charge in [-0.25, -0.2) is 9.97 Å². The van der Waals surface area contributed by atoms with Crippen molar-refractivity contribution >= 4 is 11.6 Å². The highest BCUT2D eigenvalue weighted by atomic mass is 16.5. The van der Waals surface area contributed by atoms with E-state index in [-0.39, 0.29) is 12.2 Å². The van der Waals surface area contributed by atoms with Gasteiger partial charge in [-0.3, -0.25) is 4.79 Å². The fourth-order valence-corrected chi connectivity index (χ4v) is 3.96. The third kappa shape index (κ3) is 3.63. The van der Waals surface area contributed by atoms with Gasteiger partial charge in [0.05, 0.1) is 31.9 Å². The summed E-state index contributed by atoms with van der Waals surface area (Å²) in [4.78, 5) is 24.6. The maximum atomic E-state index is 13.2. The minimum atomic E-state index is 0.0337. The summed E-state index contributed by atoms with van der Waals surface area (Å²) in [6.07, 6.45) is 5.50. The van der Waals surface area contributed by atoms with Crippen LogP contribution in [0.3, 0.4) is 0 Å². The number of carbonyl (C=O) groups excluding carboxylic acids is 1. The maximum absolute atomic E-state index is 13.2. The fraction of sp³-hybridized carbons (Fsp3) is 0.381. The smallest absolute Gasteiger partial charge is 0.181 e. The molecule has 148 valence electrons. The van der Waals surface area contributed by atoms with Gasteiger partial charge in [0, 0.05) is 36.8 Å². The quantitative estimate of drug-likeness (QED) is 0.623. The van der Waals surface area contributed by atoms with Crippen LogP contribution in [-0.2, 0) is 37.0 Å². The summed E-state index contributed by atoms with van der Waals surface area (Å²) < 4.78 is 11.1. The zero-order valence-electron chi connectivity index (χ0n) is 16.0. The third-order valence-electron chi connectivity index (χ3n) is 5.44. The first kappa shape index (κ1) is 17.9. The van der Waals surface area contributed by atoms with Crippen LogP contribution in [0, 0.1) is 0 Å². The van der Waals surface area contributed by atoms with Crippen LogP contribution in [0.5, 0.6) is 0 Å². The van der Waals surface area contributed by atoms with Gasteiger partial charge < -0.3 is 14.1 Å². The number of carbonyl (C=O) groups is 1. The molecule has 5 heterocycles. The summed E-state index contributed by atoms with van der Waals surface area (Å²) in [5.74, 6) is 1.77. The summed E-state index contributed by atoms with van der Waals surface area (Å²) in [6.45, 7) is 2.63. The van der Waals surface area contributed by atoms with Crippen LogP contribution in [0.1, 0.15) is 38.8 Å². The van der Waals surface area contributed by atoms with E-state index >= 15 is 0 Å². The van der Waals surface area contributed by atoms with Gasteiger partial charge >= 0.3 is 0 Å². The van der Waals surface area contributed by atoms with Gasteiger partial charge in [-0.05, 0) is 30.2 Å². The number of ketones is 1. The van der Waals surface area contributed by atoms with Crippen molar-refractivity contribution in [3.8, 4) is 0 Å². The Morgan fingerprint density at radius 2 is 2.10 bits per heavy atom. The zero-order chi connectivity index (χ0) is 19.6. The Morgan fingerprint density at radius 3 is 3.00 bits per heavy atom. The predicted molar refractivity (Wildman–Crippen MR) is 104 cm³/mol. The highest BCUT2D eigenvalue weighted by molar-refractivity contribution is 5.99. The number of Topliss-reactive ketones (excluding diaryl/α,β-unsaturated/α-hetero) is 1. The van der Waals surface area contributed by atoms with Crippen LogP contribution < -0.4 is 4.90 Å². The molecular weight excluding hydrogens is 370 g/mol. The summed E-state index contributed by atoms with van der Waals surface area (Å²) in [5, 5.41) is 7.95. The normalized spacial score (nSPS) is 16.1. The Bertz CT molecular complexity index is 1030. The second-order valence-electron chi connectivity index (χ2n) is 7.27. The predicted octanol–water partition coefficient (Wildman–Crippen LogP) is 1.96. The summed E-state index contributed by atoms with van der Waals surface area (Å²) in [5.41, 5.74) is 4.27. The largest absolute Gasteiger partial charge is 0.448 e. The Labute approximate surface area is 167 Å². The standard InChI is InChI=1S/C21H21N5O3/c27-19(10-14-2-1-6-23-25-14)16-11-21(24-17-5-9-28-8-4-15(16)17)26-7-3-20-18(12-26)22-13-29-20/h1-2,6,11,13H,3-5,7-10,12H2. The third-order valence-corrected chi connectivity index (χ3v) is 5.44. The van der Waals surface area contributed by atoms with Gasteiger partial charge in [0.1, 0.15) is 17.3 Å². The number of pyridine rings is 1. The van der Waals surface area contributed by atoms with E-state index < -0.39 is 0 Å². The van der Waals surface area contributed by atoms with Crippen LogP contribution in [0.15, 0.2) is 35.2 Å². The first-order valence-electron chi connectivity index (χ1n) is 9.84. The Balaban J connectivity index is 1.51. The topological polar surface area (TPSA) is 94.2 Å². The lowest BCUT2D eigenvalue weighted by atomic mass is 9.96. The fourth-order valence-electron chi connectivity index (χ4n) is 3.96. The molecule has 0 bridgehead atoms. The number of oxazole rings is 1. The highest BCUT2D eigenvalue weighted by Gasteiger charge is 2.25. The van der Waals surface area contributed by atoms with Crippen molar-refractivity contribution in [2.75, 3.05) is 24.7 Å². The Morgan fingerprint density at radius 1 is 1.17 bits per heavy atom. The molecule has 8 nitrogen and oxygen atoms in total. The molecule has 0 saturated heterocycles. The van der Waals surface area contributed by atoms with E-state index in [4.69, 9.17) is 14.1 Å². The molecule has 0 atom stereocenters. The minimum Gasteiger partial charge on any atom is -0.448 e. The van der Waals surface area contributed by atoms with Gasteiger partial charge in [-0.2, -0.15) is 10.2 Å². The molecule has 3 aromatic rings. The molecule has 29 heavy (non-hydrogen) atoms. The van der Waals surface area contributed by atoms with Gasteiger partial charge in [0.25, 0.3) is 0 Å². The molecule has 0 amide bonds. The lowest BCUT2D eigenvalue weighted by Crippen LogP contribution is -2.31. The molecule has 0 unspecified atom stereocenters. The average Bonchev–Trinajstić information content (AvgIpc) is 3.09. The molecule has 5 rings (SSSR count). The number of hydrogen-bond donors (Lipinski definition) is 0. The molecule has 0 saturated carbocycles. The van der Waals surface area contributed by atoms with Crippen LogP contribution in [0.25, 0.3) is 0 Å². The second kappa shape index (κ2) is 7.71. The molecule has 0 N–H and O–H groups in total. The molecule has 0 aliphatic carbocycles. The van der Waals surface area contributed by atoms with Crippen LogP contribution >= 0.6 is 0 Å². The molecule has 0 fully saturated rings. The number of hydrogen-bond acceptors (Lipinski definition) is 8. The number of nitrogens with zero attached hydrogens (tertiary/aromatic N) is 5. The Hall–Kier alpha value is -3.13. The highest BCUT2D eigenvalue weighted by Crippen LogP contribution is 2.28. The number of fused-ring (bicyclic) bond motifs is 2. The lowest BCUT2D eigenvalue weighted by molar-refractivity contribution is 0.0990. The van der Waals surface area contributed by atoms with E-state index in [1.54, 1.807) is 12.3 Å². The molecular formula is C21H21N5O3. The second-order valence-corrected chi connectivity index (χ2v) is 7.27. The van der Waals surface area contributed by atoms with Crippen molar-refractivity contribution in [3.63, 3.8) is 0 Å². The van der Waals surface area contributed by atoms with Gasteiger partial charge in [0.2, 0.25) is 0 Å². The maximum Gasteiger partial charge on any atom is 0.181 e. The number of ether oxygens (including phenoxy) is 1. The van der Waals surface area contributed by atoms with Gasteiger partial charge in [0.15, 0.2) is 12.2 Å². The monoisotopic (exact) mass is 391 g/mol. The first-order chi connectivity index (χ1) is 14.3. The molecule has 3 aromatic heterocycles. The lowest BCUT2D eigenvalue weighted by Gasteiger charge is -2.28. The molecule has 0 radical (unpaired) electrons. The van der Waals surface area contributed by atoms with Gasteiger partial charge in [-0.1, -0.05) is 0 Å². The first-order valence-corrected chi connectivity index (χ1v) is 9.84. The molecule has 0 aromatic carbocycles. The molecule has 2 aliphatic heterocycles. The van der Waals surface area contributed by atoms with E-state index in [0.717, 1.165) is 41.5 Å². The van der Waals surface area contributed by atoms with Crippen molar-refractivity contribution in [2.45, 2.75) is 32.2 Å². The summed E-state index contributed by atoms with van der Waals surface area (Å²) in [7, 11) is 0. The van der Waals surface area contributed by atoms with Crippen LogP contribution in [0.2, 0.25) is 0 Å². The number of anilines is 1. The van der Waals surface area contributed by atoms with Crippen molar-refractivity contribution in [3.05, 3.63) is 64.8 Å². The van der Waals surface area contributed by atoms with E-state index in [1.165, 1.54) is 6.39 Å². The molecule has 0 spiro atoms. The Kier molecular flexibility index (Phi) is 4.77. The van der Waals surface area contributed by atoms with E-state index in [2.05, 4.69) is 20.1 Å². The SMILES string of the molecule is O=C(Cc1cccnn1)c1cc(N2CCc3ocnc3C2)nc2c1CCOCC2. The van der Waals surface area contributed by atoms with Crippen molar-refractivity contribution in [1.29, 1.82) is 0 Å². The zero-order valence-corrected chi connectivity index (χ0v) is 16.0. The van der Waals surface area contributed by atoms with Crippen molar-refractivity contribution < 1.29 is 13.9 Å². The van der Waals surface area contributed by atoms with Crippen LogP contribution in [-0.4, -0.2) is 45.7 Å². The minimum absolute atomic E-state index is 0.0337. The van der Waals surface area contributed by atoms with E-state index in [0.29, 0.717) is 43.9 Å². The number of aromatic nitrogens is 4. The van der Waals surface area contributed by atoms with Crippen molar-refractivity contribution in [2.24, 2.45) is 0 Å². The van der Waals surface area contributed by atoms with E-state index in [1.807, 2.05) is 12.1 Å². The summed E-state index contributed by atoms with van der Waals surface area (Å²) >= 11 is 0. The number of rotatable bonds is 4. The molecule has 2 aliphatic rings. The molecule has 8 heteroatoms. The van der Waals surface area contributed by atoms with Gasteiger partial charge in [-0.15, -0.1) is 0 Å². The summed E-state index contributed by atoms with van der Waals surface area (Å²) in [6, 6.07) is 5.55. The van der Waals surface area contributed by atoms with E-state index in [9.17, 15) is 4.79 Å². The average molecular weight is 391 g/mol. The van der Waals surface area contributed by atoms with Crippen molar-refractivity contribution in [1.82, 2.24) is 20.2 Å².